The zero-order chi connectivity index (χ0) is 14.7. The maximum atomic E-state index is 9.29. The molecule has 2 aliphatic carbocycles. The van der Waals surface area contributed by atoms with Gasteiger partial charge in [-0.2, -0.15) is 5.26 Å². The number of nitrogens with zero attached hydrogens (tertiary/aromatic N) is 3. The zero-order valence-electron chi connectivity index (χ0n) is 12.9. The molecule has 0 aromatic carbocycles. The zero-order valence-corrected chi connectivity index (χ0v) is 12.9. The van der Waals surface area contributed by atoms with Crippen LogP contribution in [-0.2, 0) is 12.8 Å². The van der Waals surface area contributed by atoms with Crippen LogP contribution in [0.4, 0.5) is 5.82 Å². The van der Waals surface area contributed by atoms with Crippen LogP contribution in [-0.4, -0.2) is 36.1 Å². The number of anilines is 1. The Morgan fingerprint density at radius 1 is 1.33 bits per heavy atom. The third-order valence-corrected chi connectivity index (χ3v) is 4.88. The summed E-state index contributed by atoms with van der Waals surface area (Å²) >= 11 is 0. The number of hydrogen-bond acceptors (Lipinski definition) is 4. The summed E-state index contributed by atoms with van der Waals surface area (Å²) in [6.45, 7) is 1.86. The minimum absolute atomic E-state index is 0.694. The van der Waals surface area contributed by atoms with Crippen molar-refractivity contribution < 1.29 is 0 Å². The van der Waals surface area contributed by atoms with E-state index < -0.39 is 0 Å². The Morgan fingerprint density at radius 2 is 2.14 bits per heavy atom. The van der Waals surface area contributed by atoms with Gasteiger partial charge < -0.3 is 10.2 Å². The molecule has 1 aromatic rings. The minimum Gasteiger partial charge on any atom is -0.368 e. The van der Waals surface area contributed by atoms with Gasteiger partial charge in [0, 0.05) is 24.8 Å². The number of likely N-dealkylation sites (N-methyl/N-ethyl adjacent to an activating group) is 1. The highest BCUT2D eigenvalue weighted by Crippen LogP contribution is 2.25. The molecule has 4 nitrogen and oxygen atoms in total. The lowest BCUT2D eigenvalue weighted by Gasteiger charge is -2.24. The van der Waals surface area contributed by atoms with Gasteiger partial charge in [0.05, 0.1) is 5.56 Å². The second-order valence-electron chi connectivity index (χ2n) is 6.30. The highest BCUT2D eigenvalue weighted by Gasteiger charge is 2.19. The first kappa shape index (κ1) is 14.3. The van der Waals surface area contributed by atoms with Crippen LogP contribution in [0.15, 0.2) is 6.07 Å². The molecule has 0 radical (unpaired) electrons. The molecule has 0 spiro atoms. The molecule has 1 N–H and O–H groups in total. The monoisotopic (exact) mass is 284 g/mol. The molecule has 21 heavy (non-hydrogen) atoms. The third-order valence-electron chi connectivity index (χ3n) is 4.88. The first-order chi connectivity index (χ1) is 10.3. The average molecular weight is 284 g/mol. The van der Waals surface area contributed by atoms with Crippen molar-refractivity contribution in [3.8, 4) is 6.07 Å². The van der Waals surface area contributed by atoms with Crippen molar-refractivity contribution in [3.05, 3.63) is 22.9 Å². The van der Waals surface area contributed by atoms with Crippen LogP contribution in [0.25, 0.3) is 0 Å². The number of rotatable bonds is 5. The number of pyridine rings is 1. The minimum atomic E-state index is 0.694. The maximum absolute atomic E-state index is 9.29. The highest BCUT2D eigenvalue weighted by molar-refractivity contribution is 5.55. The molecule has 4 heteroatoms. The molecule has 0 unspecified atom stereocenters. The van der Waals surface area contributed by atoms with E-state index in [0.717, 1.165) is 37.8 Å². The molecule has 0 saturated heterocycles. The fourth-order valence-electron chi connectivity index (χ4n) is 3.57. The van der Waals surface area contributed by atoms with Crippen molar-refractivity contribution in [2.45, 2.75) is 51.0 Å². The SMILES string of the molecule is CN(CCNc1nc2c(cc1C#N)CCC2)C1CCCC1. The molecule has 1 saturated carbocycles. The van der Waals surface area contributed by atoms with Crippen LogP contribution in [0.5, 0.6) is 0 Å². The summed E-state index contributed by atoms with van der Waals surface area (Å²) in [6.07, 6.45) is 8.69. The van der Waals surface area contributed by atoms with E-state index in [0.29, 0.717) is 5.56 Å². The van der Waals surface area contributed by atoms with Crippen LogP contribution < -0.4 is 5.32 Å². The van der Waals surface area contributed by atoms with Crippen molar-refractivity contribution in [1.82, 2.24) is 9.88 Å². The van der Waals surface area contributed by atoms with Crippen LogP contribution >= 0.6 is 0 Å². The smallest absolute Gasteiger partial charge is 0.144 e. The van der Waals surface area contributed by atoms with Gasteiger partial charge in [-0.15, -0.1) is 0 Å². The summed E-state index contributed by atoms with van der Waals surface area (Å²) in [6, 6.07) is 5.05. The van der Waals surface area contributed by atoms with E-state index in [9.17, 15) is 5.26 Å². The van der Waals surface area contributed by atoms with Crippen LogP contribution in [0.3, 0.4) is 0 Å². The third kappa shape index (κ3) is 3.19. The second kappa shape index (κ2) is 6.44. The molecule has 1 aromatic heterocycles. The summed E-state index contributed by atoms with van der Waals surface area (Å²) < 4.78 is 0. The number of aromatic nitrogens is 1. The fraction of sp³-hybridized carbons (Fsp3) is 0.647. The van der Waals surface area contributed by atoms with Gasteiger partial charge in [-0.1, -0.05) is 12.8 Å². The second-order valence-corrected chi connectivity index (χ2v) is 6.30. The molecule has 1 fully saturated rings. The number of nitrogens with one attached hydrogen (secondary N) is 1. The highest BCUT2D eigenvalue weighted by atomic mass is 15.1. The van der Waals surface area contributed by atoms with Crippen LogP contribution in [0.2, 0.25) is 0 Å². The maximum Gasteiger partial charge on any atom is 0.144 e. The van der Waals surface area contributed by atoms with Gasteiger partial charge in [0.15, 0.2) is 0 Å². The van der Waals surface area contributed by atoms with Crippen LogP contribution in [0, 0.1) is 11.3 Å². The van der Waals surface area contributed by atoms with Gasteiger partial charge in [0.1, 0.15) is 11.9 Å². The van der Waals surface area contributed by atoms with Crippen molar-refractivity contribution in [2.75, 3.05) is 25.5 Å². The van der Waals surface area contributed by atoms with Gasteiger partial charge in [0.25, 0.3) is 0 Å². The van der Waals surface area contributed by atoms with E-state index >= 15 is 0 Å². The largest absolute Gasteiger partial charge is 0.368 e. The van der Waals surface area contributed by atoms with E-state index in [4.69, 9.17) is 0 Å². The lowest BCUT2D eigenvalue weighted by molar-refractivity contribution is 0.254. The summed E-state index contributed by atoms with van der Waals surface area (Å²) in [5.41, 5.74) is 3.14. The van der Waals surface area contributed by atoms with E-state index in [1.807, 2.05) is 6.07 Å². The number of hydrogen-bond donors (Lipinski definition) is 1. The summed E-state index contributed by atoms with van der Waals surface area (Å²) in [5, 5.41) is 12.7. The van der Waals surface area contributed by atoms with Gasteiger partial charge in [-0.25, -0.2) is 4.98 Å². The van der Waals surface area contributed by atoms with Gasteiger partial charge >= 0.3 is 0 Å². The molecule has 3 rings (SSSR count). The Balaban J connectivity index is 1.59. The topological polar surface area (TPSA) is 52.0 Å². The lowest BCUT2D eigenvalue weighted by Crippen LogP contribution is -2.33. The normalized spacial score (nSPS) is 18.0. The molecule has 2 aliphatic rings. The molecule has 112 valence electrons. The predicted molar refractivity (Wildman–Crippen MR) is 84.4 cm³/mol. The Hall–Kier alpha value is -1.60. The number of nitriles is 1. The predicted octanol–water partition coefficient (Wildman–Crippen LogP) is 2.73. The van der Waals surface area contributed by atoms with Crippen molar-refractivity contribution in [1.29, 1.82) is 5.26 Å². The van der Waals surface area contributed by atoms with Gasteiger partial charge in [-0.05, 0) is 50.8 Å². The summed E-state index contributed by atoms with van der Waals surface area (Å²) in [7, 11) is 2.21. The lowest BCUT2D eigenvalue weighted by atomic mass is 10.1. The standard InChI is InChI=1S/C17H24N4/c1-21(15-6-2-3-7-15)10-9-19-17-14(12-18)11-13-5-4-8-16(13)20-17/h11,15H,2-10H2,1H3,(H,19,20). The first-order valence-corrected chi connectivity index (χ1v) is 8.15. The van der Waals surface area contributed by atoms with Crippen molar-refractivity contribution in [3.63, 3.8) is 0 Å². The Bertz CT molecular complexity index is 540. The summed E-state index contributed by atoms with van der Waals surface area (Å²) in [4.78, 5) is 7.11. The fourth-order valence-corrected chi connectivity index (χ4v) is 3.57. The van der Waals surface area contributed by atoms with Gasteiger partial charge in [-0.3, -0.25) is 0 Å². The van der Waals surface area contributed by atoms with Gasteiger partial charge in [0.2, 0.25) is 0 Å². The van der Waals surface area contributed by atoms with Crippen molar-refractivity contribution in [2.24, 2.45) is 0 Å². The van der Waals surface area contributed by atoms with Crippen molar-refractivity contribution >= 4 is 5.82 Å². The average Bonchev–Trinajstić information content (AvgIpc) is 3.17. The first-order valence-electron chi connectivity index (χ1n) is 8.15. The van der Waals surface area contributed by atoms with Crippen LogP contribution in [0.1, 0.15) is 48.9 Å². The Kier molecular flexibility index (Phi) is 4.40. The van der Waals surface area contributed by atoms with E-state index in [-0.39, 0.29) is 0 Å². The number of fused-ring (bicyclic) bond motifs is 1. The number of aryl methyl sites for hydroxylation is 2. The Labute approximate surface area is 127 Å². The molecule has 0 bridgehead atoms. The molecule has 0 atom stereocenters. The molecule has 0 amide bonds. The molecular formula is C17H24N4. The summed E-state index contributed by atoms with van der Waals surface area (Å²) in [5.74, 6) is 0.776. The molecule has 1 heterocycles. The molecule has 0 aliphatic heterocycles. The van der Waals surface area contributed by atoms with E-state index in [1.165, 1.54) is 43.4 Å². The van der Waals surface area contributed by atoms with E-state index in [2.05, 4.69) is 28.3 Å². The molecular weight excluding hydrogens is 260 g/mol. The quantitative estimate of drug-likeness (QED) is 0.903. The van der Waals surface area contributed by atoms with E-state index in [1.54, 1.807) is 0 Å². The Morgan fingerprint density at radius 3 is 2.90 bits per heavy atom.